The Morgan fingerprint density at radius 1 is 1.12 bits per heavy atom. The molecule has 218 valence electrons. The van der Waals surface area contributed by atoms with E-state index in [0.717, 1.165) is 38.8 Å². The quantitative estimate of drug-likeness (QED) is 0.377. The zero-order valence-electron chi connectivity index (χ0n) is 23.9. The highest BCUT2D eigenvalue weighted by Gasteiger charge is 2.28. The molecule has 0 radical (unpaired) electrons. The van der Waals surface area contributed by atoms with Crippen molar-refractivity contribution in [2.24, 2.45) is 5.92 Å². The zero-order chi connectivity index (χ0) is 28.2. The van der Waals surface area contributed by atoms with Gasteiger partial charge in [0.2, 0.25) is 5.95 Å². The number of imidazole rings is 1. The molecule has 2 fully saturated rings. The van der Waals surface area contributed by atoms with Crippen LogP contribution in [-0.4, -0.2) is 89.6 Å². The Morgan fingerprint density at radius 2 is 1.88 bits per heavy atom. The number of nitrogens with one attached hydrogen (secondary N) is 1. The second-order valence-electron chi connectivity index (χ2n) is 11.1. The Hall–Kier alpha value is -2.89. The van der Waals surface area contributed by atoms with E-state index in [1.807, 2.05) is 6.07 Å². The number of ether oxygens (including phenoxy) is 2. The molecule has 1 saturated heterocycles. The smallest absolute Gasteiger partial charge is 0.296 e. The summed E-state index contributed by atoms with van der Waals surface area (Å²) in [5.41, 5.74) is 1.10. The van der Waals surface area contributed by atoms with Gasteiger partial charge in [-0.1, -0.05) is 12.1 Å². The van der Waals surface area contributed by atoms with Crippen LogP contribution in [0.1, 0.15) is 51.8 Å². The monoisotopic (exact) mass is 557 g/mol. The number of fused-ring (bicyclic) bond motifs is 1. The van der Waals surface area contributed by atoms with Crippen LogP contribution in [0.15, 0.2) is 30.3 Å². The number of halogens is 2. The molecule has 0 bridgehead atoms. The number of hydrogen-bond acceptors (Lipinski definition) is 8. The van der Waals surface area contributed by atoms with Crippen molar-refractivity contribution in [1.29, 1.82) is 0 Å². The number of para-hydroxylation sites is 2. The first kappa shape index (κ1) is 28.6. The minimum atomic E-state index is -2.75. The average molecular weight is 558 g/mol. The van der Waals surface area contributed by atoms with Crippen molar-refractivity contribution in [1.82, 2.24) is 24.4 Å². The molecule has 9 nitrogen and oxygen atoms in total. The van der Waals surface area contributed by atoms with E-state index in [0.29, 0.717) is 66.4 Å². The van der Waals surface area contributed by atoms with Gasteiger partial charge in [-0.05, 0) is 64.6 Å². The highest BCUT2D eigenvalue weighted by atomic mass is 19.3. The van der Waals surface area contributed by atoms with Crippen LogP contribution in [0.25, 0.3) is 16.9 Å². The Balaban J connectivity index is 1.39. The highest BCUT2D eigenvalue weighted by molar-refractivity contribution is 5.78. The maximum Gasteiger partial charge on any atom is 0.296 e. The largest absolute Gasteiger partial charge is 0.383 e. The van der Waals surface area contributed by atoms with Gasteiger partial charge in [0.25, 0.3) is 6.43 Å². The Bertz CT molecular complexity index is 1260. The molecule has 1 saturated carbocycles. The minimum absolute atomic E-state index is 0.103. The van der Waals surface area contributed by atoms with Crippen LogP contribution >= 0.6 is 0 Å². The normalized spacial score (nSPS) is 22.8. The molecule has 2 aromatic heterocycles. The van der Waals surface area contributed by atoms with Crippen molar-refractivity contribution in [3.05, 3.63) is 36.2 Å². The summed E-state index contributed by atoms with van der Waals surface area (Å²) in [5, 5.41) is 3.46. The van der Waals surface area contributed by atoms with Gasteiger partial charge in [-0.3, -0.25) is 9.47 Å². The van der Waals surface area contributed by atoms with Crippen molar-refractivity contribution >= 4 is 22.8 Å². The summed E-state index contributed by atoms with van der Waals surface area (Å²) in [7, 11) is 3.94. The molecule has 1 N–H and O–H groups in total. The van der Waals surface area contributed by atoms with E-state index in [-0.39, 0.29) is 11.9 Å². The molecule has 3 aromatic rings. The highest BCUT2D eigenvalue weighted by Crippen LogP contribution is 2.31. The summed E-state index contributed by atoms with van der Waals surface area (Å²) in [5.74, 6) is 1.69. The van der Waals surface area contributed by atoms with Crippen molar-refractivity contribution in [2.75, 3.05) is 57.3 Å². The maximum absolute atomic E-state index is 14.2. The van der Waals surface area contributed by atoms with E-state index in [1.165, 1.54) is 4.57 Å². The summed E-state index contributed by atoms with van der Waals surface area (Å²) < 4.78 is 40.8. The fraction of sp³-hybridized carbons (Fsp3) is 0.621. The maximum atomic E-state index is 14.2. The van der Waals surface area contributed by atoms with Crippen LogP contribution in [0.2, 0.25) is 0 Å². The summed E-state index contributed by atoms with van der Waals surface area (Å²) in [6, 6.07) is 9.99. The number of alkyl halides is 2. The first-order chi connectivity index (χ1) is 19.4. The van der Waals surface area contributed by atoms with Gasteiger partial charge in [-0.2, -0.15) is 9.97 Å². The number of likely N-dealkylation sites (N-methyl/N-ethyl adjacent to an activating group) is 1. The molecular formula is C29H41F2N7O2. The fourth-order valence-corrected chi connectivity index (χ4v) is 5.97. The van der Waals surface area contributed by atoms with E-state index in [2.05, 4.69) is 41.0 Å². The van der Waals surface area contributed by atoms with E-state index in [4.69, 9.17) is 19.4 Å². The molecule has 1 aromatic carbocycles. The minimum Gasteiger partial charge on any atom is -0.383 e. The number of morpholine rings is 1. The average Bonchev–Trinajstić information content (AvgIpc) is 3.36. The van der Waals surface area contributed by atoms with Crippen molar-refractivity contribution in [2.45, 2.75) is 64.1 Å². The van der Waals surface area contributed by atoms with Crippen LogP contribution in [0.3, 0.4) is 0 Å². The molecule has 1 aliphatic carbocycles. The first-order valence-corrected chi connectivity index (χ1v) is 14.3. The molecule has 2 aliphatic rings. The third-order valence-corrected chi connectivity index (χ3v) is 8.42. The number of benzene rings is 1. The number of nitrogens with zero attached hydrogens (tertiary/aromatic N) is 6. The van der Waals surface area contributed by atoms with Crippen LogP contribution in [0, 0.1) is 5.92 Å². The molecule has 5 rings (SSSR count). The fourth-order valence-electron chi connectivity index (χ4n) is 5.97. The molecule has 2 atom stereocenters. The Morgan fingerprint density at radius 3 is 2.60 bits per heavy atom. The topological polar surface area (TPSA) is 80.6 Å². The number of methoxy groups -OCH3 is 1. The van der Waals surface area contributed by atoms with Gasteiger partial charge in [-0.25, -0.2) is 13.8 Å². The summed E-state index contributed by atoms with van der Waals surface area (Å²) in [6.45, 7) is 7.59. The van der Waals surface area contributed by atoms with Crippen LogP contribution in [0.5, 0.6) is 0 Å². The standard InChI is InChI=1S/C29H41F2N7O2/c1-19(17-39-4)36(3)22-11-9-21(10-12-22)16-32-29-34-25(37-13-14-40-18-20(37)2)15-26(35-29)38-24-8-6-5-7-23(24)33-28(38)27(30)31/h5-8,15,19-22,27H,9-14,16-18H2,1-4H3,(H,32,34,35)/t19?,20-,21-,22-/m1/s1. The first-order valence-electron chi connectivity index (χ1n) is 14.3. The van der Waals surface area contributed by atoms with Crippen molar-refractivity contribution < 1.29 is 18.3 Å². The Kier molecular flexibility index (Phi) is 9.12. The van der Waals surface area contributed by atoms with Crippen LogP contribution in [-0.2, 0) is 9.47 Å². The molecule has 0 spiro atoms. The lowest BCUT2D eigenvalue weighted by Gasteiger charge is -2.37. The van der Waals surface area contributed by atoms with Gasteiger partial charge in [0.05, 0.1) is 36.9 Å². The molecule has 1 unspecified atom stereocenters. The molecule has 40 heavy (non-hydrogen) atoms. The Labute approximate surface area is 234 Å². The van der Waals surface area contributed by atoms with Gasteiger partial charge >= 0.3 is 0 Å². The predicted molar refractivity (Wildman–Crippen MR) is 153 cm³/mol. The molecule has 11 heteroatoms. The van der Waals surface area contributed by atoms with Gasteiger partial charge < -0.3 is 19.7 Å². The summed E-state index contributed by atoms with van der Waals surface area (Å²) >= 11 is 0. The lowest BCUT2D eigenvalue weighted by molar-refractivity contribution is 0.0696. The number of aromatic nitrogens is 4. The second kappa shape index (κ2) is 12.7. The number of anilines is 2. The van der Waals surface area contributed by atoms with Gasteiger partial charge in [0.1, 0.15) is 11.6 Å². The second-order valence-corrected chi connectivity index (χ2v) is 11.1. The van der Waals surface area contributed by atoms with Crippen LogP contribution < -0.4 is 10.2 Å². The van der Waals surface area contributed by atoms with E-state index < -0.39 is 6.43 Å². The lowest BCUT2D eigenvalue weighted by Crippen LogP contribution is -2.44. The van der Waals surface area contributed by atoms with Crippen LogP contribution in [0.4, 0.5) is 20.5 Å². The predicted octanol–water partition coefficient (Wildman–Crippen LogP) is 4.92. The van der Waals surface area contributed by atoms with Gasteiger partial charge in [0.15, 0.2) is 5.82 Å². The number of hydrogen-bond donors (Lipinski definition) is 1. The summed E-state index contributed by atoms with van der Waals surface area (Å²) in [4.78, 5) is 18.4. The molecular weight excluding hydrogens is 516 g/mol. The van der Waals surface area contributed by atoms with E-state index in [9.17, 15) is 8.78 Å². The van der Waals surface area contributed by atoms with Gasteiger partial charge in [-0.15, -0.1) is 0 Å². The SMILES string of the molecule is COCC(C)N(C)[C@H]1CC[C@H](CNc2nc(N3CCOC[C@H]3C)cc(-n3c(C(F)F)nc4ccccc43)n2)CC1. The third kappa shape index (κ3) is 6.21. The lowest BCUT2D eigenvalue weighted by atomic mass is 9.85. The van der Waals surface area contributed by atoms with E-state index >= 15 is 0 Å². The van der Waals surface area contributed by atoms with Crippen molar-refractivity contribution in [3.63, 3.8) is 0 Å². The third-order valence-electron chi connectivity index (χ3n) is 8.42. The molecule has 0 amide bonds. The van der Waals surface area contributed by atoms with Gasteiger partial charge in [0, 0.05) is 38.3 Å². The summed E-state index contributed by atoms with van der Waals surface area (Å²) in [6.07, 6.45) is 1.73. The molecule has 3 heterocycles. The number of rotatable bonds is 10. The van der Waals surface area contributed by atoms with Crippen molar-refractivity contribution in [3.8, 4) is 5.82 Å². The van der Waals surface area contributed by atoms with E-state index in [1.54, 1.807) is 31.4 Å². The molecule has 1 aliphatic heterocycles. The zero-order valence-corrected chi connectivity index (χ0v) is 23.9.